The Balaban J connectivity index is 1.02. The predicted molar refractivity (Wildman–Crippen MR) is 445 cm³/mol. The molecule has 15 rings (SSSR count). The van der Waals surface area contributed by atoms with Crippen molar-refractivity contribution in [3.05, 3.63) is 177 Å². The van der Waals surface area contributed by atoms with Crippen LogP contribution in [0, 0.1) is 5.92 Å². The third-order valence-electron chi connectivity index (χ3n) is 22.7. The molecule has 3 saturated heterocycles. The monoisotopic (exact) mass is 1790 g/mol. The number of carboxylic acids is 1. The summed E-state index contributed by atoms with van der Waals surface area (Å²) in [5, 5.41) is 138. The zero-order chi connectivity index (χ0) is 90.1. The van der Waals surface area contributed by atoms with Crippen LogP contribution in [-0.2, 0) is 68.6 Å². The quantitative estimate of drug-likeness (QED) is 0.0505. The van der Waals surface area contributed by atoms with E-state index in [0.717, 1.165) is 63.9 Å². The van der Waals surface area contributed by atoms with Gasteiger partial charge in [0.05, 0.1) is 53.5 Å². The van der Waals surface area contributed by atoms with Gasteiger partial charge in [0.2, 0.25) is 53.4 Å². The number of aliphatic carboxylic acids is 1. The van der Waals surface area contributed by atoms with Gasteiger partial charge in [0.15, 0.2) is 36.2 Å². The molecule has 36 nitrogen and oxygen atoms in total. The number of ether oxygens (including phenoxy) is 8. The summed E-state index contributed by atoms with van der Waals surface area (Å²) >= 11 is 16.2. The molecule has 0 spiro atoms. The highest BCUT2D eigenvalue weighted by Crippen LogP contribution is 2.51. The van der Waals surface area contributed by atoms with Crippen molar-refractivity contribution in [1.29, 1.82) is 0 Å². The van der Waals surface area contributed by atoms with Gasteiger partial charge in [-0.15, -0.1) is 0 Å². The molecule has 3 fully saturated rings. The van der Waals surface area contributed by atoms with Gasteiger partial charge in [0.1, 0.15) is 89.5 Å². The van der Waals surface area contributed by atoms with E-state index in [1.54, 1.807) is 13.8 Å². The maximum absolute atomic E-state index is 16.6. The lowest BCUT2D eigenvalue weighted by Gasteiger charge is -2.48. The summed E-state index contributed by atoms with van der Waals surface area (Å²) in [6.07, 6.45) is -22.9. The lowest BCUT2D eigenvalue weighted by atomic mass is 9.84. The van der Waals surface area contributed by atoms with Crippen molar-refractivity contribution in [2.75, 3.05) is 13.7 Å². The standard InChI is InChI=1S/C86H98Cl2N10O26S/c1-36(2)23-50(91-7)77(109)97-67-69(104)40-18-21-54(48(87)25-40)119-56-27-43-28-57(73(56)124-84-74(71(106)70(105)58(35-99)121-84)123-62-33-86(6,76(108)38(4)118-62)92-34-42-13-11-12-16-59(42)125-45-14-9-8-10-15-45)120-55-22-19-41(26-49(55)88)72(122-61-32-85(5,90)75(107)37(3)117-61)68-82(114)96-66(83(115)116)47-29-44(100)30-53(102)63(47)46-24-39(17-20-52(46)101)64(79(111)98-68)95-80(112)65(43)94-78(110)51(31-60(89)103)93-81(67)113/h8-22,24-30,36-38,50-51,58,61-62,64-72,74-76,84,91-92,99-102,104-108H,23,31-35,90H2,1-7H3,(H2,89,103)(H,93,113)(H,94,110)(H,95,112)(H,96,114)(H,97,109)(H,98,111)(H,115,116)/t37-,38-,50+,51-,58+,61-,62-,64+,65+,66-,67+,68-,69+,70+,71-,72+,74+,75-,76-,84-,85-,86-/m0/s1. The fourth-order valence-electron chi connectivity index (χ4n) is 16.1. The fraction of sp³-hybridized carbons (Fsp3) is 0.419. The highest BCUT2D eigenvalue weighted by molar-refractivity contribution is 7.99. The van der Waals surface area contributed by atoms with E-state index in [1.807, 2.05) is 68.4 Å². The number of phenols is 3. The minimum Gasteiger partial charge on any atom is -0.508 e. The second kappa shape index (κ2) is 38.3. The summed E-state index contributed by atoms with van der Waals surface area (Å²) < 4.78 is 53.0. The number of carbonyl (C=O) groups excluding carboxylic acids is 7. The Hall–Kier alpha value is -10.5. The van der Waals surface area contributed by atoms with Crippen LogP contribution < -0.4 is 68.2 Å². The molecule has 0 radical (unpaired) electrons. The van der Waals surface area contributed by atoms with E-state index in [9.17, 15) is 65.4 Å². The number of amides is 7. The van der Waals surface area contributed by atoms with E-state index in [1.165, 1.54) is 63.0 Å². The molecule has 11 bridgehead atoms. The summed E-state index contributed by atoms with van der Waals surface area (Å²) in [5.41, 5.74) is 7.86. The molecule has 0 unspecified atom stereocenters. The Kier molecular flexibility index (Phi) is 28.3. The molecule has 125 heavy (non-hydrogen) atoms. The van der Waals surface area contributed by atoms with E-state index in [0.29, 0.717) is 0 Å². The van der Waals surface area contributed by atoms with Crippen LogP contribution in [0.3, 0.4) is 0 Å². The zero-order valence-corrected chi connectivity index (χ0v) is 70.7. The normalized spacial score (nSPS) is 29.7. The van der Waals surface area contributed by atoms with Crippen molar-refractivity contribution in [1.82, 2.24) is 42.5 Å². The number of hydrogen-bond donors (Lipinski definition) is 20. The van der Waals surface area contributed by atoms with E-state index in [-0.39, 0.29) is 59.2 Å². The van der Waals surface area contributed by atoms with Gasteiger partial charge < -0.3 is 143 Å². The molecule has 7 aromatic carbocycles. The van der Waals surface area contributed by atoms with Crippen molar-refractivity contribution in [3.8, 4) is 57.1 Å². The van der Waals surface area contributed by atoms with Gasteiger partial charge in [-0.1, -0.05) is 103 Å². The van der Waals surface area contributed by atoms with Crippen molar-refractivity contribution in [3.63, 3.8) is 0 Å². The lowest BCUT2D eigenvalue weighted by molar-refractivity contribution is -0.334. The molecule has 0 aliphatic carbocycles. The van der Waals surface area contributed by atoms with Crippen molar-refractivity contribution in [2.45, 2.75) is 217 Å². The van der Waals surface area contributed by atoms with E-state index >= 15 is 24.0 Å². The third-order valence-corrected chi connectivity index (χ3v) is 24.4. The number of rotatable bonds is 20. The predicted octanol–water partition coefficient (Wildman–Crippen LogP) is 4.33. The van der Waals surface area contributed by atoms with Gasteiger partial charge in [-0.2, -0.15) is 0 Å². The number of primary amides is 1. The van der Waals surface area contributed by atoms with E-state index < -0.39 is 261 Å². The number of nitrogens with two attached hydrogens (primary N) is 2. The molecule has 39 heteroatoms. The number of likely N-dealkylation sites (N-methyl/N-ethyl adjacent to an activating group) is 1. The van der Waals surface area contributed by atoms with Gasteiger partial charge >= 0.3 is 5.97 Å². The Morgan fingerprint density at radius 3 is 1.91 bits per heavy atom. The number of benzene rings is 7. The maximum atomic E-state index is 16.6. The number of aromatic hydroxyl groups is 3. The third kappa shape index (κ3) is 20.3. The molecule has 668 valence electrons. The summed E-state index contributed by atoms with van der Waals surface area (Å²) in [6.45, 7) is 9.11. The highest BCUT2D eigenvalue weighted by atomic mass is 35.5. The highest BCUT2D eigenvalue weighted by Gasteiger charge is 2.53. The van der Waals surface area contributed by atoms with E-state index in [4.69, 9.17) is 72.6 Å². The second-order valence-electron chi connectivity index (χ2n) is 32.5. The molecule has 8 aliphatic rings. The SMILES string of the molecule is CN[C@H](CC(C)C)C(=O)N[C@H]1C(=O)N[C@@H](CC(N)=O)C(=O)N[C@H]2C(=O)N[C@H]3C(=O)N[C@H](C(=O)N[C@H](C(=O)O)c4cc(O)cc(O)c4-c4cc3ccc4O)[C@H](O[C@H]3C[C@](C)(N)[C@@H](O)[C@H](C)O3)c3ccc(c(Cl)c3)Oc3cc2cc(c3O[C@@H]2O[C@H](CO)[C@@H](O)[C@H](O)[C@H]2O[C@H]2C[C@](C)(NCc3ccccc3Sc3ccccc3)[C@@H](O)[C@H](C)O2)Oc2ccc(cc2Cl)[C@H]1O. The van der Waals surface area contributed by atoms with Crippen molar-refractivity contribution in [2.24, 2.45) is 17.4 Å². The second-order valence-corrected chi connectivity index (χ2v) is 34.5. The average Bonchev–Trinajstić information content (AvgIpc) is 0.759. The van der Waals surface area contributed by atoms with Gasteiger partial charge in [-0.3, -0.25) is 33.6 Å². The van der Waals surface area contributed by atoms with Crippen LogP contribution in [0.5, 0.6) is 46.0 Å². The number of hydrogen-bond acceptors (Lipinski definition) is 29. The van der Waals surface area contributed by atoms with Crippen LogP contribution in [-0.4, -0.2) is 215 Å². The first-order chi connectivity index (χ1) is 59.3. The Labute approximate surface area is 730 Å². The molecular formula is C86H98Cl2N10O26S. The summed E-state index contributed by atoms with van der Waals surface area (Å²) in [4.78, 5) is 123. The number of aliphatic hydroxyl groups excluding tert-OH is 6. The lowest BCUT2D eigenvalue weighted by Crippen LogP contribution is -2.65. The minimum absolute atomic E-state index is 0.118. The number of carbonyl (C=O) groups is 8. The van der Waals surface area contributed by atoms with Crippen molar-refractivity contribution >= 4 is 82.3 Å². The number of aliphatic hydroxyl groups is 6. The van der Waals surface area contributed by atoms with Crippen LogP contribution >= 0.6 is 35.0 Å². The van der Waals surface area contributed by atoms with Crippen molar-refractivity contribution < 1.29 is 127 Å². The van der Waals surface area contributed by atoms with Gasteiger partial charge in [0, 0.05) is 63.0 Å². The molecule has 7 aromatic rings. The molecular weight excluding hydrogens is 1690 g/mol. The Morgan fingerprint density at radius 1 is 0.656 bits per heavy atom. The summed E-state index contributed by atoms with van der Waals surface area (Å²) in [6, 6.07) is 17.0. The zero-order valence-electron chi connectivity index (χ0n) is 68.4. The van der Waals surface area contributed by atoms with E-state index in [2.05, 4.69) is 42.5 Å². The largest absolute Gasteiger partial charge is 0.508 e. The van der Waals surface area contributed by atoms with Crippen LogP contribution in [0.2, 0.25) is 10.0 Å². The maximum Gasteiger partial charge on any atom is 0.330 e. The topological polar surface area (TPSA) is 561 Å². The number of halogens is 2. The van der Waals surface area contributed by atoms with Gasteiger partial charge in [-0.25, -0.2) is 4.79 Å². The van der Waals surface area contributed by atoms with Crippen LogP contribution in [0.25, 0.3) is 11.1 Å². The molecule has 0 aromatic heterocycles. The molecule has 8 heterocycles. The Bertz CT molecular complexity index is 5240. The molecule has 7 amide bonds. The number of phenolic OH excluding ortho intramolecular Hbond substituents is 3. The molecule has 8 aliphatic heterocycles. The fourth-order valence-corrected chi connectivity index (χ4v) is 17.5. The summed E-state index contributed by atoms with van der Waals surface area (Å²) in [7, 11) is 1.48. The number of fused-ring (bicyclic) bond motifs is 15. The molecule has 22 N–H and O–H groups in total. The van der Waals surface area contributed by atoms with Crippen LogP contribution in [0.4, 0.5) is 0 Å². The molecule has 22 atom stereocenters. The Morgan fingerprint density at radius 2 is 1.27 bits per heavy atom. The van der Waals surface area contributed by atoms with Gasteiger partial charge in [-0.05, 0) is 148 Å². The first-order valence-electron chi connectivity index (χ1n) is 40.1. The number of nitrogens with one attached hydrogen (secondary N) is 8. The first-order valence-corrected chi connectivity index (χ1v) is 41.7. The van der Waals surface area contributed by atoms with Crippen LogP contribution in [0.15, 0.2) is 143 Å². The summed E-state index contributed by atoms with van der Waals surface area (Å²) in [5.74, 6) is -16.1. The molecule has 0 saturated carbocycles. The number of carboxylic acid groups (broad SMARTS) is 1. The van der Waals surface area contributed by atoms with Crippen LogP contribution in [0.1, 0.15) is 131 Å². The minimum atomic E-state index is -2.40. The average molecular weight is 1790 g/mol. The smallest absolute Gasteiger partial charge is 0.330 e. The first kappa shape index (κ1) is 92.1. The van der Waals surface area contributed by atoms with Gasteiger partial charge in [0.25, 0.3) is 0 Å².